The van der Waals surface area contributed by atoms with Crippen molar-refractivity contribution in [2.45, 2.75) is 215 Å². The number of nitrogens with one attached hydrogen (secondary N) is 4. The van der Waals surface area contributed by atoms with Crippen molar-refractivity contribution in [2.24, 2.45) is 23.7 Å². The minimum absolute atomic E-state index is 0.0929. The van der Waals surface area contributed by atoms with Gasteiger partial charge in [0, 0.05) is 60.6 Å². The molecule has 8 aromatic rings. The fraction of sp³-hybridized carbons (Fsp3) is 0.436. The molecular weight excluding hydrogens is 1390 g/mol. The molecule has 0 bridgehead atoms. The zero-order valence-electron chi connectivity index (χ0n) is 66.0. The number of nitrogens with zero attached hydrogens (tertiary/aromatic N) is 2. The number of hydrogen-bond acceptors (Lipinski definition) is 14. The Balaban J connectivity index is 0.000000170. The van der Waals surface area contributed by atoms with E-state index in [-0.39, 0.29) is 40.3 Å². The quantitative estimate of drug-likeness (QED) is 0.0113. The van der Waals surface area contributed by atoms with Gasteiger partial charge in [0.25, 0.3) is 5.69 Å². The van der Waals surface area contributed by atoms with E-state index in [9.17, 15) is 33.7 Å². The van der Waals surface area contributed by atoms with Crippen LogP contribution in [0.15, 0.2) is 170 Å². The number of carbonyl (C=O) groups is 4. The lowest BCUT2D eigenvalue weighted by Gasteiger charge is -2.23. The van der Waals surface area contributed by atoms with Crippen LogP contribution >= 0.6 is 0 Å². The molecule has 0 atom stereocenters. The predicted octanol–water partition coefficient (Wildman–Crippen LogP) is 23.3. The summed E-state index contributed by atoms with van der Waals surface area (Å²) in [7, 11) is 0. The first-order valence-corrected chi connectivity index (χ1v) is 40.7. The van der Waals surface area contributed by atoms with E-state index in [1.807, 2.05) is 106 Å². The molecule has 0 amide bonds. The summed E-state index contributed by atoms with van der Waals surface area (Å²) >= 11 is 0. The molecule has 4 aliphatic carbocycles. The number of benzene rings is 8. The summed E-state index contributed by atoms with van der Waals surface area (Å²) in [6, 6.07) is 52.6. The number of hydrogen-bond donors (Lipinski definition) is 4. The number of esters is 4. The summed E-state index contributed by atoms with van der Waals surface area (Å²) in [5, 5.41) is 25.2. The molecule has 0 aromatic heterocycles. The third-order valence-electron chi connectivity index (χ3n) is 21.6. The van der Waals surface area contributed by atoms with E-state index < -0.39 is 0 Å². The average molecular weight is 1510 g/mol. The zero-order chi connectivity index (χ0) is 78.5. The maximum Gasteiger partial charge on any atom is 0.338 e. The molecule has 4 N–H and O–H groups in total. The predicted molar refractivity (Wildman–Crippen MR) is 443 cm³/mol. The molecule has 16 nitrogen and oxygen atoms in total. The summed E-state index contributed by atoms with van der Waals surface area (Å²) in [6.45, 7) is 20.2. The molecule has 4 saturated carbocycles. The molecule has 4 aliphatic rings. The van der Waals surface area contributed by atoms with Gasteiger partial charge >= 0.3 is 23.9 Å². The number of nitro groups is 1. The Kier molecular flexibility index (Phi) is 34.9. The molecule has 111 heavy (non-hydrogen) atoms. The minimum Gasteiger partial charge on any atom is -0.462 e. The smallest absolute Gasteiger partial charge is 0.338 e. The molecule has 0 radical (unpaired) electrons. The second-order valence-corrected chi connectivity index (χ2v) is 29.9. The van der Waals surface area contributed by atoms with Crippen molar-refractivity contribution in [3.63, 3.8) is 0 Å². The van der Waals surface area contributed by atoms with Gasteiger partial charge in [-0.25, -0.2) is 28.4 Å². The van der Waals surface area contributed by atoms with Crippen molar-refractivity contribution in [3.05, 3.63) is 270 Å². The summed E-state index contributed by atoms with van der Waals surface area (Å²) in [5.41, 5.74) is 17.0. The summed E-state index contributed by atoms with van der Waals surface area (Å²) in [5.74, 6) is 1.41. The number of carbonyl (C=O) groups excluding carboxylic acids is 4. The maximum atomic E-state index is 13.1. The molecule has 588 valence electrons. The summed E-state index contributed by atoms with van der Waals surface area (Å²) in [6.07, 6.45) is 30.2. The third-order valence-corrected chi connectivity index (χ3v) is 21.6. The number of rotatable bonds is 29. The van der Waals surface area contributed by atoms with E-state index >= 15 is 0 Å². The molecule has 12 rings (SSSR count). The van der Waals surface area contributed by atoms with Crippen LogP contribution in [-0.4, -0.2) is 55.2 Å². The van der Waals surface area contributed by atoms with E-state index in [0.717, 1.165) is 83.5 Å². The van der Waals surface area contributed by atoms with E-state index in [1.54, 1.807) is 37.3 Å². The second-order valence-electron chi connectivity index (χ2n) is 29.9. The SMILES string of the molecule is CCOC(=O)c1ccc(CC2CCCCC2)c(NCc2ccc(C)cc2)c1.CCOC(=O)c1ccc(CC2CCCCC2)c(NCc2ccc(F)cc2)c1.CCOC(=O)c1ccc(CC2CCCCC2)c(NCc2ccccc2[N+](=O)[O-])c1.[C-]#[N+]c1ccc(CNc2cc(C(=O)OCC)ccc2CC2CCCCC2)cc1. The van der Waals surface area contributed by atoms with Crippen LogP contribution in [0.2, 0.25) is 0 Å². The number of para-hydroxylation sites is 1. The van der Waals surface area contributed by atoms with Crippen molar-refractivity contribution in [1.29, 1.82) is 0 Å². The minimum atomic E-state index is -0.366. The van der Waals surface area contributed by atoms with Gasteiger partial charge in [0.05, 0.1) is 60.2 Å². The fourth-order valence-electron chi connectivity index (χ4n) is 15.5. The Hall–Kier alpha value is -10.3. The Morgan fingerprint density at radius 2 is 0.685 bits per heavy atom. The number of nitro benzene ring substituents is 1. The van der Waals surface area contributed by atoms with Crippen LogP contribution in [-0.2, 0) is 70.8 Å². The van der Waals surface area contributed by atoms with Gasteiger partial charge in [-0.05, 0) is 184 Å². The lowest BCUT2D eigenvalue weighted by molar-refractivity contribution is -0.385. The number of ether oxygens (including phenoxy) is 4. The van der Waals surface area contributed by atoms with E-state index in [1.165, 1.54) is 174 Å². The van der Waals surface area contributed by atoms with Crippen LogP contribution in [0.5, 0.6) is 0 Å². The lowest BCUT2D eigenvalue weighted by Crippen LogP contribution is -2.13. The van der Waals surface area contributed by atoms with Gasteiger partial charge in [0.2, 0.25) is 0 Å². The van der Waals surface area contributed by atoms with Gasteiger partial charge in [-0.15, -0.1) is 0 Å². The van der Waals surface area contributed by atoms with E-state index in [4.69, 9.17) is 25.5 Å². The summed E-state index contributed by atoms with van der Waals surface area (Å²) < 4.78 is 33.7. The van der Waals surface area contributed by atoms with Gasteiger partial charge in [-0.2, -0.15) is 0 Å². The van der Waals surface area contributed by atoms with Gasteiger partial charge in [-0.3, -0.25) is 10.1 Å². The summed E-state index contributed by atoms with van der Waals surface area (Å²) in [4.78, 5) is 63.0. The molecule has 8 aromatic carbocycles. The van der Waals surface area contributed by atoms with Crippen molar-refractivity contribution in [3.8, 4) is 0 Å². The first-order valence-electron chi connectivity index (χ1n) is 40.7. The number of halogens is 1. The van der Waals surface area contributed by atoms with Gasteiger partial charge in [0.1, 0.15) is 5.82 Å². The van der Waals surface area contributed by atoms with Crippen LogP contribution in [0.1, 0.15) is 248 Å². The van der Waals surface area contributed by atoms with Crippen LogP contribution in [0, 0.1) is 53.1 Å². The highest BCUT2D eigenvalue weighted by molar-refractivity contribution is 5.93. The van der Waals surface area contributed by atoms with Crippen LogP contribution < -0.4 is 21.3 Å². The fourth-order valence-corrected chi connectivity index (χ4v) is 15.5. The van der Waals surface area contributed by atoms with Crippen molar-refractivity contribution in [2.75, 3.05) is 47.7 Å². The first-order chi connectivity index (χ1) is 54.1. The molecule has 0 saturated heterocycles. The molecule has 0 spiro atoms. The largest absolute Gasteiger partial charge is 0.462 e. The van der Waals surface area contributed by atoms with Crippen LogP contribution in [0.25, 0.3) is 4.85 Å². The van der Waals surface area contributed by atoms with Gasteiger partial charge in [0.15, 0.2) is 5.69 Å². The second kappa shape index (κ2) is 45.7. The Labute approximate surface area is 657 Å². The number of anilines is 4. The normalized spacial score (nSPS) is 14.5. The van der Waals surface area contributed by atoms with Crippen molar-refractivity contribution < 1.29 is 47.4 Å². The van der Waals surface area contributed by atoms with Crippen LogP contribution in [0.3, 0.4) is 0 Å². The molecule has 17 heteroatoms. The Morgan fingerprint density at radius 1 is 0.396 bits per heavy atom. The topological polar surface area (TPSA) is 201 Å². The molecule has 0 unspecified atom stereocenters. The maximum absolute atomic E-state index is 13.1. The van der Waals surface area contributed by atoms with E-state index in [0.29, 0.717) is 91.4 Å². The van der Waals surface area contributed by atoms with Crippen LogP contribution in [0.4, 0.5) is 38.5 Å². The number of aryl methyl sites for hydroxylation is 1. The highest BCUT2D eigenvalue weighted by Gasteiger charge is 2.24. The van der Waals surface area contributed by atoms with E-state index in [2.05, 4.69) is 69.4 Å². The van der Waals surface area contributed by atoms with Crippen molar-refractivity contribution in [1.82, 2.24) is 0 Å². The zero-order valence-corrected chi connectivity index (χ0v) is 66.0. The third kappa shape index (κ3) is 27.9. The monoisotopic (exact) mass is 1510 g/mol. The highest BCUT2D eigenvalue weighted by Crippen LogP contribution is 2.36. The average Bonchev–Trinajstić information content (AvgIpc) is 0.846. The van der Waals surface area contributed by atoms with Gasteiger partial charge in [-0.1, -0.05) is 237 Å². The van der Waals surface area contributed by atoms with Gasteiger partial charge < -0.3 is 40.2 Å². The van der Waals surface area contributed by atoms with Crippen molar-refractivity contribution >= 4 is 58.0 Å². The molecule has 4 fully saturated rings. The standard InChI is InChI=1S/C24H28N2O2.C24H31NO2.C23H28FNO2.C23H28N2O4/c1-3-28-24(27)21-12-11-20(15-18-7-5-4-6-8-18)23(16-21)26-17-19-9-13-22(25-2)14-10-19;1-3-27-24(26)22-14-13-21(15-19-7-5-4-6-8-19)23(16-22)25-17-20-11-9-18(2)10-12-20;1-2-27-23(26)20-11-10-19(14-17-6-4-3-5-7-17)22(15-20)25-16-18-8-12-21(24)13-9-18;1-2-29-23(26)19-13-12-18(14-17-8-4-3-5-9-17)21(15-19)24-16-20-10-6-7-11-22(20)25(27)28/h9-14,16,18,26H,3-8,15,17H2,1H3;9-14,16,19,25H,3-8,15,17H2,1-2H3;8-13,15,17,25H,2-7,14,16H2,1H3;6-7,10-13,15,17,24H,2-5,8-9,14,16H2,1H3. The molecule has 0 heterocycles. The highest BCUT2D eigenvalue weighted by atomic mass is 19.1. The molecular formula is C94H115FN6O10. The lowest BCUT2D eigenvalue weighted by atomic mass is 9.84. The molecule has 0 aliphatic heterocycles. The Morgan fingerprint density at radius 3 is 0.982 bits per heavy atom. The first kappa shape index (κ1) is 84.7. The Bertz CT molecular complexity index is 4150.